The van der Waals surface area contributed by atoms with Crippen molar-refractivity contribution >= 4 is 11.8 Å². The number of carbonyl (C=O) groups is 2. The first-order chi connectivity index (χ1) is 12.1. The number of amides is 2. The maximum Gasteiger partial charge on any atom is 0.240 e. The number of rotatable bonds is 1. The molecule has 1 aromatic heterocycles. The summed E-state index contributed by atoms with van der Waals surface area (Å²) in [5, 5.41) is 3.69. The minimum absolute atomic E-state index is 0.0890. The monoisotopic (exact) mass is 345 g/mol. The molecule has 3 aliphatic rings. The van der Waals surface area contributed by atoms with Gasteiger partial charge in [-0.25, -0.2) is 4.98 Å². The normalized spacial score (nSPS) is 25.7. The number of aromatic amines is 1. The van der Waals surface area contributed by atoms with Gasteiger partial charge in [0.15, 0.2) is 0 Å². The molecule has 1 aliphatic carbocycles. The molecule has 1 saturated heterocycles. The lowest BCUT2D eigenvalue weighted by Crippen LogP contribution is -2.61. The van der Waals surface area contributed by atoms with E-state index in [4.69, 9.17) is 0 Å². The lowest BCUT2D eigenvalue weighted by atomic mass is 9.75. The average molecular weight is 345 g/mol. The summed E-state index contributed by atoms with van der Waals surface area (Å²) in [7, 11) is 0. The number of hydrogen-bond donors (Lipinski definition) is 2. The molecular formula is C18H27N5O2. The lowest BCUT2D eigenvalue weighted by Gasteiger charge is -2.45. The highest BCUT2D eigenvalue weighted by atomic mass is 16.2. The van der Waals surface area contributed by atoms with Crippen LogP contribution in [0.5, 0.6) is 0 Å². The van der Waals surface area contributed by atoms with Gasteiger partial charge in [0, 0.05) is 45.2 Å². The molecule has 2 amide bonds. The summed E-state index contributed by atoms with van der Waals surface area (Å²) < 4.78 is 0. The molecule has 1 atom stereocenters. The maximum absolute atomic E-state index is 13.1. The topological polar surface area (TPSA) is 81.3 Å². The second-order valence-corrected chi connectivity index (χ2v) is 7.60. The molecule has 1 spiro atoms. The minimum Gasteiger partial charge on any atom is -0.348 e. The van der Waals surface area contributed by atoms with Crippen molar-refractivity contribution in [3.05, 3.63) is 17.7 Å². The van der Waals surface area contributed by atoms with Crippen LogP contribution in [-0.2, 0) is 21.5 Å². The third-order valence-corrected chi connectivity index (χ3v) is 6.07. The summed E-state index contributed by atoms with van der Waals surface area (Å²) in [4.78, 5) is 36.2. The molecule has 4 rings (SSSR count). The van der Waals surface area contributed by atoms with Gasteiger partial charge >= 0.3 is 0 Å². The molecule has 7 nitrogen and oxygen atoms in total. The first kappa shape index (κ1) is 16.6. The Morgan fingerprint density at radius 3 is 2.48 bits per heavy atom. The summed E-state index contributed by atoms with van der Waals surface area (Å²) in [6.45, 7) is 4.11. The molecule has 2 fully saturated rings. The van der Waals surface area contributed by atoms with Crippen LogP contribution in [0, 0.1) is 0 Å². The van der Waals surface area contributed by atoms with E-state index in [2.05, 4.69) is 15.3 Å². The highest BCUT2D eigenvalue weighted by Crippen LogP contribution is 2.40. The number of piperazine rings is 1. The van der Waals surface area contributed by atoms with E-state index in [1.165, 1.54) is 19.3 Å². The van der Waals surface area contributed by atoms with Gasteiger partial charge in [0.2, 0.25) is 11.8 Å². The van der Waals surface area contributed by atoms with Crippen molar-refractivity contribution < 1.29 is 9.59 Å². The Morgan fingerprint density at radius 2 is 1.80 bits per heavy atom. The molecule has 2 aliphatic heterocycles. The van der Waals surface area contributed by atoms with Gasteiger partial charge in [0.1, 0.15) is 0 Å². The lowest BCUT2D eigenvalue weighted by molar-refractivity contribution is -0.140. The Balaban J connectivity index is 1.50. The number of hydrogen-bond acceptors (Lipinski definition) is 4. The predicted molar refractivity (Wildman–Crippen MR) is 92.8 cm³/mol. The molecule has 0 bridgehead atoms. The van der Waals surface area contributed by atoms with Crippen LogP contribution in [0.25, 0.3) is 0 Å². The standard InChI is InChI=1S/C18H27N5O2/c1-13(24)22-7-9-23(10-8-22)17(25)15-11-14-16(20-12-19-14)18(21-15)5-3-2-4-6-18/h12,15,21H,2-11H2,1H3,(H,19,20)/t15-/m0/s1. The van der Waals surface area contributed by atoms with Gasteiger partial charge < -0.3 is 14.8 Å². The van der Waals surface area contributed by atoms with Crippen molar-refractivity contribution in [3.8, 4) is 0 Å². The van der Waals surface area contributed by atoms with Crippen LogP contribution in [0.15, 0.2) is 6.33 Å². The summed E-state index contributed by atoms with van der Waals surface area (Å²) in [6.07, 6.45) is 8.15. The molecule has 0 aromatic carbocycles. The Morgan fingerprint density at radius 1 is 1.12 bits per heavy atom. The van der Waals surface area contributed by atoms with Crippen LogP contribution >= 0.6 is 0 Å². The summed E-state index contributed by atoms with van der Waals surface area (Å²) >= 11 is 0. The predicted octanol–water partition coefficient (Wildman–Crippen LogP) is 0.774. The number of fused-ring (bicyclic) bond motifs is 2. The molecule has 3 heterocycles. The van der Waals surface area contributed by atoms with Crippen LogP contribution < -0.4 is 5.32 Å². The van der Waals surface area contributed by atoms with Gasteiger partial charge in [0.25, 0.3) is 0 Å². The van der Waals surface area contributed by atoms with Crippen LogP contribution in [0.2, 0.25) is 0 Å². The van der Waals surface area contributed by atoms with Crippen molar-refractivity contribution in [2.45, 2.75) is 57.0 Å². The summed E-state index contributed by atoms with van der Waals surface area (Å²) in [6, 6.07) is -0.199. The zero-order valence-electron chi connectivity index (χ0n) is 14.9. The molecule has 2 N–H and O–H groups in total. The molecule has 7 heteroatoms. The second kappa shape index (κ2) is 6.44. The Labute approximate surface area is 148 Å². The summed E-state index contributed by atoms with van der Waals surface area (Å²) in [5.41, 5.74) is 2.09. The Kier molecular flexibility index (Phi) is 4.27. The zero-order valence-corrected chi connectivity index (χ0v) is 14.9. The number of carbonyl (C=O) groups excluding carboxylic acids is 2. The number of nitrogens with zero attached hydrogens (tertiary/aromatic N) is 3. The van der Waals surface area contributed by atoms with Crippen molar-refractivity contribution in [3.63, 3.8) is 0 Å². The van der Waals surface area contributed by atoms with Gasteiger partial charge in [0.05, 0.1) is 23.6 Å². The fraction of sp³-hybridized carbons (Fsp3) is 0.722. The van der Waals surface area contributed by atoms with Crippen molar-refractivity contribution in [2.75, 3.05) is 26.2 Å². The molecule has 0 radical (unpaired) electrons. The highest BCUT2D eigenvalue weighted by Gasteiger charge is 2.45. The van der Waals surface area contributed by atoms with Crippen molar-refractivity contribution in [2.24, 2.45) is 0 Å². The maximum atomic E-state index is 13.1. The van der Waals surface area contributed by atoms with Crippen LogP contribution in [0.4, 0.5) is 0 Å². The highest BCUT2D eigenvalue weighted by molar-refractivity contribution is 5.83. The van der Waals surface area contributed by atoms with Gasteiger partial charge in [-0.2, -0.15) is 0 Å². The fourth-order valence-corrected chi connectivity index (χ4v) is 4.69. The van der Waals surface area contributed by atoms with Crippen molar-refractivity contribution in [1.82, 2.24) is 25.1 Å². The van der Waals surface area contributed by atoms with E-state index >= 15 is 0 Å². The number of aromatic nitrogens is 2. The number of nitrogens with one attached hydrogen (secondary N) is 2. The SMILES string of the molecule is CC(=O)N1CCN(C(=O)[C@@H]2Cc3[nH]cnc3C3(CCCCC3)N2)CC1. The van der Waals surface area contributed by atoms with E-state index in [-0.39, 0.29) is 23.4 Å². The second-order valence-electron chi connectivity index (χ2n) is 7.60. The average Bonchev–Trinajstić information content (AvgIpc) is 3.11. The molecule has 1 saturated carbocycles. The first-order valence-corrected chi connectivity index (χ1v) is 9.44. The molecule has 1 aromatic rings. The van der Waals surface area contributed by atoms with Crippen molar-refractivity contribution in [1.29, 1.82) is 0 Å². The number of H-pyrrole nitrogens is 1. The van der Waals surface area contributed by atoms with Crippen LogP contribution in [-0.4, -0.2) is 63.8 Å². The van der Waals surface area contributed by atoms with E-state index in [0.29, 0.717) is 32.6 Å². The third kappa shape index (κ3) is 2.94. The summed E-state index contributed by atoms with van der Waals surface area (Å²) in [5.74, 6) is 0.250. The van der Waals surface area contributed by atoms with E-state index in [1.54, 1.807) is 13.3 Å². The molecule has 25 heavy (non-hydrogen) atoms. The fourth-order valence-electron chi connectivity index (χ4n) is 4.69. The molecule has 136 valence electrons. The van der Waals surface area contributed by atoms with E-state index in [1.807, 2.05) is 9.80 Å². The largest absolute Gasteiger partial charge is 0.348 e. The molecule has 0 unspecified atom stereocenters. The van der Waals surface area contributed by atoms with Crippen LogP contribution in [0.3, 0.4) is 0 Å². The Hall–Kier alpha value is -1.89. The smallest absolute Gasteiger partial charge is 0.240 e. The first-order valence-electron chi connectivity index (χ1n) is 9.44. The van der Waals surface area contributed by atoms with Gasteiger partial charge in [-0.3, -0.25) is 14.9 Å². The number of imidazole rings is 1. The van der Waals surface area contributed by atoms with Gasteiger partial charge in [-0.1, -0.05) is 19.3 Å². The quantitative estimate of drug-likeness (QED) is 0.788. The third-order valence-electron chi connectivity index (χ3n) is 6.07. The zero-order chi connectivity index (χ0) is 17.4. The molecular weight excluding hydrogens is 318 g/mol. The van der Waals surface area contributed by atoms with Gasteiger partial charge in [-0.05, 0) is 12.8 Å². The Bertz CT molecular complexity index is 656. The minimum atomic E-state index is -0.199. The van der Waals surface area contributed by atoms with Gasteiger partial charge in [-0.15, -0.1) is 0 Å². The van der Waals surface area contributed by atoms with Crippen LogP contribution in [0.1, 0.15) is 50.4 Å². The van der Waals surface area contributed by atoms with E-state index in [0.717, 1.165) is 24.2 Å². The van der Waals surface area contributed by atoms with E-state index in [9.17, 15) is 9.59 Å². The van der Waals surface area contributed by atoms with E-state index < -0.39 is 0 Å².